The molecule has 9 heteroatoms. The second kappa shape index (κ2) is 11.6. The number of methoxy groups -OCH3 is 1. The number of benzene rings is 4. The summed E-state index contributed by atoms with van der Waals surface area (Å²) < 4.78 is 48.9. The van der Waals surface area contributed by atoms with Crippen molar-refractivity contribution in [2.45, 2.75) is 20.1 Å². The zero-order valence-electron chi connectivity index (χ0n) is 22.6. The number of ether oxygens (including phenoxy) is 3. The molecule has 41 heavy (non-hydrogen) atoms. The topological polar surface area (TPSA) is 85.3 Å². The van der Waals surface area contributed by atoms with Crippen LogP contribution in [0, 0.1) is 6.92 Å². The van der Waals surface area contributed by atoms with Crippen LogP contribution >= 0.6 is 7.82 Å². The fraction of sp³-hybridized carbons (Fsp3) is 0.156. The molecule has 8 nitrogen and oxygen atoms in total. The van der Waals surface area contributed by atoms with Crippen LogP contribution in [-0.2, 0) is 26.8 Å². The number of hydrogen-bond donors (Lipinski definition) is 0. The van der Waals surface area contributed by atoms with Gasteiger partial charge in [-0.05, 0) is 47.9 Å². The molecule has 0 N–H and O–H groups in total. The summed E-state index contributed by atoms with van der Waals surface area (Å²) in [6.45, 7) is 2.14. The zero-order chi connectivity index (χ0) is 28.2. The van der Waals surface area contributed by atoms with Crippen molar-refractivity contribution in [3.8, 4) is 34.3 Å². The molecule has 0 amide bonds. The molecule has 0 aliphatic carbocycles. The van der Waals surface area contributed by atoms with E-state index in [1.807, 2.05) is 85.8 Å². The Labute approximate surface area is 238 Å². The van der Waals surface area contributed by atoms with Gasteiger partial charge in [-0.1, -0.05) is 60.7 Å². The lowest BCUT2D eigenvalue weighted by atomic mass is 10.1. The fourth-order valence-corrected chi connectivity index (χ4v) is 5.67. The number of rotatable bonds is 10. The van der Waals surface area contributed by atoms with Gasteiger partial charge >= 0.3 is 7.82 Å². The van der Waals surface area contributed by atoms with E-state index in [4.69, 9.17) is 32.8 Å². The number of aromatic nitrogens is 1. The average Bonchev–Trinajstić information content (AvgIpc) is 3.46. The summed E-state index contributed by atoms with van der Waals surface area (Å²) in [6.07, 6.45) is 0. The molecular formula is C32H28NO7P. The van der Waals surface area contributed by atoms with Crippen molar-refractivity contribution in [1.29, 1.82) is 0 Å². The van der Waals surface area contributed by atoms with E-state index in [2.05, 4.69) is 0 Å². The van der Waals surface area contributed by atoms with E-state index in [-0.39, 0.29) is 25.8 Å². The maximum Gasteiger partial charge on any atom is 0.530 e. The van der Waals surface area contributed by atoms with Gasteiger partial charge in [0.15, 0.2) is 11.5 Å². The third-order valence-electron chi connectivity index (χ3n) is 6.52. The molecule has 0 atom stereocenters. The van der Waals surface area contributed by atoms with Gasteiger partial charge in [-0.3, -0.25) is 9.05 Å². The molecule has 1 aromatic heterocycles. The van der Waals surface area contributed by atoms with Crippen molar-refractivity contribution in [2.75, 3.05) is 13.9 Å². The Morgan fingerprint density at radius 1 is 0.805 bits per heavy atom. The van der Waals surface area contributed by atoms with E-state index in [9.17, 15) is 4.57 Å². The van der Waals surface area contributed by atoms with Gasteiger partial charge in [-0.15, -0.1) is 0 Å². The highest BCUT2D eigenvalue weighted by molar-refractivity contribution is 7.48. The van der Waals surface area contributed by atoms with Crippen molar-refractivity contribution in [2.24, 2.45) is 0 Å². The number of pyridine rings is 1. The summed E-state index contributed by atoms with van der Waals surface area (Å²) in [5.41, 5.74) is 4.62. The Bertz CT molecular complexity index is 1680. The van der Waals surface area contributed by atoms with E-state index in [0.717, 1.165) is 22.3 Å². The smallest absolute Gasteiger partial charge is 0.497 e. The highest BCUT2D eigenvalue weighted by Gasteiger charge is 2.31. The van der Waals surface area contributed by atoms with Crippen molar-refractivity contribution < 1.29 is 32.3 Å². The third kappa shape index (κ3) is 6.20. The van der Waals surface area contributed by atoms with Crippen molar-refractivity contribution in [3.63, 3.8) is 0 Å². The molecule has 5 aromatic rings. The summed E-state index contributed by atoms with van der Waals surface area (Å²) in [4.78, 5) is 4.87. The van der Waals surface area contributed by atoms with E-state index < -0.39 is 7.82 Å². The molecule has 4 aromatic carbocycles. The molecule has 2 heterocycles. The standard InChI is InChI=1S/C32H28NO7P/c1-22-13-25(15-26(14-22)35-2)28-17-30(27-16-31-32(37-21-36-31)18-29(27)33-28)40-41(34,38-19-23-9-5-3-6-10-23)39-20-24-11-7-4-8-12-24/h3-18H,19-21H2,1-2H3. The first-order valence-corrected chi connectivity index (χ1v) is 14.5. The van der Waals surface area contributed by atoms with Crippen LogP contribution in [0.1, 0.15) is 16.7 Å². The molecule has 0 fully saturated rings. The highest BCUT2D eigenvalue weighted by Crippen LogP contribution is 2.53. The summed E-state index contributed by atoms with van der Waals surface area (Å²) in [5.74, 6) is 2.07. The molecule has 0 spiro atoms. The third-order valence-corrected chi connectivity index (χ3v) is 7.83. The first-order valence-electron chi connectivity index (χ1n) is 13.0. The van der Waals surface area contributed by atoms with Gasteiger partial charge < -0.3 is 18.7 Å². The maximum absolute atomic E-state index is 14.2. The first-order chi connectivity index (χ1) is 20.0. The lowest BCUT2D eigenvalue weighted by molar-refractivity contribution is 0.143. The zero-order valence-corrected chi connectivity index (χ0v) is 23.5. The van der Waals surface area contributed by atoms with E-state index in [1.165, 1.54) is 0 Å². The molecule has 0 bridgehead atoms. The summed E-state index contributed by atoms with van der Waals surface area (Å²) in [7, 11) is -2.54. The molecule has 0 saturated heterocycles. The predicted molar refractivity (Wildman–Crippen MR) is 155 cm³/mol. The lowest BCUT2D eigenvalue weighted by Gasteiger charge is -2.20. The van der Waals surface area contributed by atoms with E-state index in [0.29, 0.717) is 33.8 Å². The molecule has 6 rings (SSSR count). The van der Waals surface area contributed by atoms with Gasteiger partial charge in [0.05, 0.1) is 31.5 Å². The quantitative estimate of drug-likeness (QED) is 0.157. The van der Waals surface area contributed by atoms with Gasteiger partial charge in [0.2, 0.25) is 6.79 Å². The number of phosphoric acid groups is 1. The van der Waals surface area contributed by atoms with Crippen LogP contribution in [0.5, 0.6) is 23.0 Å². The van der Waals surface area contributed by atoms with Gasteiger partial charge in [0.1, 0.15) is 11.5 Å². The first kappa shape index (κ1) is 26.8. The van der Waals surface area contributed by atoms with Crippen LogP contribution in [0.25, 0.3) is 22.2 Å². The van der Waals surface area contributed by atoms with E-state index >= 15 is 0 Å². The van der Waals surface area contributed by atoms with Gasteiger partial charge in [0.25, 0.3) is 0 Å². The largest absolute Gasteiger partial charge is 0.530 e. The minimum absolute atomic E-state index is 0.0320. The number of fused-ring (bicyclic) bond motifs is 2. The second-order valence-electron chi connectivity index (χ2n) is 9.52. The molecule has 208 valence electrons. The van der Waals surface area contributed by atoms with Crippen molar-refractivity contribution in [1.82, 2.24) is 4.98 Å². The second-order valence-corrected chi connectivity index (χ2v) is 11.1. The highest BCUT2D eigenvalue weighted by atomic mass is 31.2. The van der Waals surface area contributed by atoms with E-state index in [1.54, 1.807) is 25.3 Å². The molecule has 1 aliphatic heterocycles. The Balaban J connectivity index is 1.42. The van der Waals surface area contributed by atoms with Crippen LogP contribution < -0.4 is 18.7 Å². The number of aryl methyl sites for hydroxylation is 1. The minimum atomic E-state index is -4.16. The SMILES string of the molecule is COc1cc(C)cc(-c2cc(OP(=O)(OCc3ccccc3)OCc3ccccc3)c3cc4c(cc3n2)OCO4)c1. The minimum Gasteiger partial charge on any atom is -0.497 e. The van der Waals surface area contributed by atoms with Crippen LogP contribution in [0.3, 0.4) is 0 Å². The maximum atomic E-state index is 14.2. The number of phosphoric ester groups is 1. The molecule has 0 unspecified atom stereocenters. The lowest BCUT2D eigenvalue weighted by Crippen LogP contribution is -2.04. The molecule has 1 aliphatic rings. The van der Waals surface area contributed by atoms with Crippen molar-refractivity contribution >= 4 is 18.7 Å². The van der Waals surface area contributed by atoms with Crippen LogP contribution in [0.15, 0.2) is 97.1 Å². The van der Waals surface area contributed by atoms with Crippen molar-refractivity contribution in [3.05, 3.63) is 114 Å². The summed E-state index contributed by atoms with van der Waals surface area (Å²) in [6, 6.07) is 30.0. The summed E-state index contributed by atoms with van der Waals surface area (Å²) >= 11 is 0. The van der Waals surface area contributed by atoms with Gasteiger partial charge in [0, 0.05) is 23.1 Å². The Morgan fingerprint density at radius 3 is 2.07 bits per heavy atom. The molecular weight excluding hydrogens is 541 g/mol. The molecule has 0 saturated carbocycles. The molecule has 0 radical (unpaired) electrons. The number of hydrogen-bond acceptors (Lipinski definition) is 8. The van der Waals surface area contributed by atoms with Gasteiger partial charge in [-0.2, -0.15) is 0 Å². The Hall–Kier alpha value is -4.36. The Morgan fingerprint density at radius 2 is 1.44 bits per heavy atom. The Kier molecular flexibility index (Phi) is 7.61. The van der Waals surface area contributed by atoms with Crippen LogP contribution in [0.2, 0.25) is 0 Å². The number of nitrogens with zero attached hydrogens (tertiary/aromatic N) is 1. The normalized spacial score (nSPS) is 12.4. The van der Waals surface area contributed by atoms with Crippen LogP contribution in [-0.4, -0.2) is 18.9 Å². The predicted octanol–water partition coefficient (Wildman–Crippen LogP) is 7.87. The monoisotopic (exact) mass is 569 g/mol. The summed E-state index contributed by atoms with van der Waals surface area (Å²) in [5, 5.41) is 0.574. The van der Waals surface area contributed by atoms with Gasteiger partial charge in [-0.25, -0.2) is 9.55 Å². The average molecular weight is 570 g/mol. The van der Waals surface area contributed by atoms with Crippen LogP contribution in [0.4, 0.5) is 0 Å². The fourth-order valence-electron chi connectivity index (χ4n) is 4.49.